The van der Waals surface area contributed by atoms with Crippen LogP contribution >= 0.6 is 0 Å². The molecule has 2 aromatic carbocycles. The largest absolute Gasteiger partial charge is 0.416 e. The van der Waals surface area contributed by atoms with Gasteiger partial charge in [0.15, 0.2) is 0 Å². The van der Waals surface area contributed by atoms with Gasteiger partial charge in [0.05, 0.1) is 22.0 Å². The maximum Gasteiger partial charge on any atom is 0.416 e. The first-order chi connectivity index (χ1) is 10.8. The van der Waals surface area contributed by atoms with Crippen molar-refractivity contribution in [1.29, 1.82) is 0 Å². The topological polar surface area (TPSA) is 43.1 Å². The molecule has 3 aromatic rings. The van der Waals surface area contributed by atoms with Crippen LogP contribution in [0.5, 0.6) is 0 Å². The molecule has 0 spiro atoms. The maximum atomic E-state index is 13.7. The number of alkyl halides is 3. The minimum atomic E-state index is -4.62. The van der Waals surface area contributed by atoms with Gasteiger partial charge in [-0.1, -0.05) is 0 Å². The van der Waals surface area contributed by atoms with E-state index < -0.39 is 34.9 Å². The zero-order chi connectivity index (χ0) is 16.8. The molecule has 0 N–H and O–H groups in total. The lowest BCUT2D eigenvalue weighted by molar-refractivity contribution is -0.137. The van der Waals surface area contributed by atoms with Crippen molar-refractivity contribution in [2.24, 2.45) is 0 Å². The Morgan fingerprint density at radius 1 is 1.00 bits per heavy atom. The minimum absolute atomic E-state index is 0.177. The molecule has 0 fully saturated rings. The molecule has 0 atom stereocenters. The van der Waals surface area contributed by atoms with Crippen LogP contribution in [0.4, 0.5) is 22.0 Å². The SMILES string of the molecule is O=c1oc(-c2ccc(F)cc2F)nc2cc(C(F)(F)F)ccc12. The van der Waals surface area contributed by atoms with Gasteiger partial charge < -0.3 is 4.42 Å². The maximum absolute atomic E-state index is 13.7. The Labute approximate surface area is 125 Å². The van der Waals surface area contributed by atoms with Crippen molar-refractivity contribution < 1.29 is 26.4 Å². The van der Waals surface area contributed by atoms with Gasteiger partial charge in [-0.05, 0) is 30.3 Å². The molecule has 3 rings (SSSR count). The van der Waals surface area contributed by atoms with E-state index in [0.29, 0.717) is 12.1 Å². The predicted octanol–water partition coefficient (Wildman–Crippen LogP) is 4.15. The Kier molecular flexibility index (Phi) is 3.39. The lowest BCUT2D eigenvalue weighted by Gasteiger charge is -2.07. The number of hydrogen-bond acceptors (Lipinski definition) is 3. The van der Waals surface area contributed by atoms with Gasteiger partial charge in [-0.15, -0.1) is 0 Å². The number of halogens is 5. The van der Waals surface area contributed by atoms with Crippen LogP contribution in [-0.4, -0.2) is 4.98 Å². The van der Waals surface area contributed by atoms with E-state index in [1.807, 2.05) is 0 Å². The second kappa shape index (κ2) is 5.15. The van der Waals surface area contributed by atoms with Crippen molar-refractivity contribution in [3.05, 3.63) is 64.0 Å². The average Bonchev–Trinajstić information content (AvgIpc) is 2.45. The molecule has 8 heteroatoms. The first kappa shape index (κ1) is 15.1. The number of aromatic nitrogens is 1. The summed E-state index contributed by atoms with van der Waals surface area (Å²) in [5.74, 6) is -2.43. The van der Waals surface area contributed by atoms with Gasteiger partial charge in [-0.3, -0.25) is 0 Å². The van der Waals surface area contributed by atoms with Gasteiger partial charge >= 0.3 is 11.8 Å². The fourth-order valence-corrected chi connectivity index (χ4v) is 2.03. The quantitative estimate of drug-likeness (QED) is 0.631. The van der Waals surface area contributed by atoms with E-state index in [1.54, 1.807) is 0 Å². The van der Waals surface area contributed by atoms with Crippen molar-refractivity contribution in [2.75, 3.05) is 0 Å². The molecule has 0 unspecified atom stereocenters. The lowest BCUT2D eigenvalue weighted by atomic mass is 10.1. The van der Waals surface area contributed by atoms with Gasteiger partial charge in [0.25, 0.3) is 0 Å². The minimum Gasteiger partial charge on any atom is -0.403 e. The Morgan fingerprint density at radius 2 is 1.74 bits per heavy atom. The summed E-state index contributed by atoms with van der Waals surface area (Å²) < 4.78 is 69.6. The lowest BCUT2D eigenvalue weighted by Crippen LogP contribution is -2.08. The summed E-state index contributed by atoms with van der Waals surface area (Å²) in [7, 11) is 0. The number of hydrogen-bond donors (Lipinski definition) is 0. The van der Waals surface area contributed by atoms with Crippen molar-refractivity contribution in [1.82, 2.24) is 4.98 Å². The zero-order valence-electron chi connectivity index (χ0n) is 11.1. The molecule has 1 heterocycles. The predicted molar refractivity (Wildman–Crippen MR) is 70.6 cm³/mol. The Morgan fingerprint density at radius 3 is 2.39 bits per heavy atom. The summed E-state index contributed by atoms with van der Waals surface area (Å²) in [5.41, 5.74) is -2.60. The molecular weight excluding hydrogens is 321 g/mol. The second-order valence-corrected chi connectivity index (χ2v) is 4.66. The third-order valence-corrected chi connectivity index (χ3v) is 3.12. The molecule has 0 saturated carbocycles. The molecule has 1 aromatic heterocycles. The zero-order valence-corrected chi connectivity index (χ0v) is 11.1. The van der Waals surface area contributed by atoms with Crippen LogP contribution in [0.25, 0.3) is 22.4 Å². The van der Waals surface area contributed by atoms with Crippen LogP contribution in [0.2, 0.25) is 0 Å². The highest BCUT2D eigenvalue weighted by Crippen LogP contribution is 2.31. The van der Waals surface area contributed by atoms with Crippen LogP contribution in [0.1, 0.15) is 5.56 Å². The summed E-state index contributed by atoms with van der Waals surface area (Å²) in [6.07, 6.45) is -4.62. The van der Waals surface area contributed by atoms with Gasteiger partial charge in [0, 0.05) is 6.07 Å². The first-order valence-electron chi connectivity index (χ1n) is 6.23. The van der Waals surface area contributed by atoms with E-state index in [4.69, 9.17) is 4.42 Å². The van der Waals surface area contributed by atoms with E-state index in [2.05, 4.69) is 4.98 Å². The normalized spacial score (nSPS) is 11.9. The van der Waals surface area contributed by atoms with E-state index in [0.717, 1.165) is 24.3 Å². The molecule has 0 aliphatic carbocycles. The van der Waals surface area contributed by atoms with Crippen LogP contribution in [0.3, 0.4) is 0 Å². The van der Waals surface area contributed by atoms with Crippen LogP contribution in [0.15, 0.2) is 45.6 Å². The monoisotopic (exact) mass is 327 g/mol. The van der Waals surface area contributed by atoms with Gasteiger partial charge in [-0.25, -0.2) is 18.6 Å². The van der Waals surface area contributed by atoms with E-state index in [9.17, 15) is 26.7 Å². The third-order valence-electron chi connectivity index (χ3n) is 3.12. The van der Waals surface area contributed by atoms with E-state index in [-0.39, 0.29) is 16.5 Å². The average molecular weight is 327 g/mol. The Balaban J connectivity index is 2.25. The smallest absolute Gasteiger partial charge is 0.403 e. The fourth-order valence-electron chi connectivity index (χ4n) is 2.03. The molecule has 0 aliphatic heterocycles. The van der Waals surface area contributed by atoms with Crippen molar-refractivity contribution in [3.8, 4) is 11.5 Å². The molecule has 23 heavy (non-hydrogen) atoms. The Bertz CT molecular complexity index is 962. The molecule has 0 radical (unpaired) electrons. The van der Waals surface area contributed by atoms with Crippen LogP contribution in [0, 0.1) is 11.6 Å². The van der Waals surface area contributed by atoms with Crippen LogP contribution in [-0.2, 0) is 6.18 Å². The Hall–Kier alpha value is -2.77. The number of nitrogens with zero attached hydrogens (tertiary/aromatic N) is 1. The fraction of sp³-hybridized carbons (Fsp3) is 0.0667. The van der Waals surface area contributed by atoms with Crippen LogP contribution < -0.4 is 5.63 Å². The summed E-state index contributed by atoms with van der Waals surface area (Å²) in [6.45, 7) is 0. The van der Waals surface area contributed by atoms with E-state index >= 15 is 0 Å². The molecule has 0 saturated heterocycles. The molecule has 3 nitrogen and oxygen atoms in total. The highest BCUT2D eigenvalue weighted by Gasteiger charge is 2.31. The molecule has 0 bridgehead atoms. The molecule has 0 amide bonds. The number of fused-ring (bicyclic) bond motifs is 1. The summed E-state index contributed by atoms with van der Waals surface area (Å²) in [6, 6.07) is 4.76. The van der Waals surface area contributed by atoms with Gasteiger partial charge in [0.1, 0.15) is 11.6 Å². The molecular formula is C15H6F5NO2. The molecule has 0 aliphatic rings. The second-order valence-electron chi connectivity index (χ2n) is 4.66. The van der Waals surface area contributed by atoms with Crippen molar-refractivity contribution >= 4 is 10.9 Å². The number of benzene rings is 2. The summed E-state index contributed by atoms with van der Waals surface area (Å²) >= 11 is 0. The van der Waals surface area contributed by atoms with Gasteiger partial charge in [0.2, 0.25) is 5.89 Å². The van der Waals surface area contributed by atoms with Gasteiger partial charge in [-0.2, -0.15) is 13.2 Å². The first-order valence-corrected chi connectivity index (χ1v) is 6.23. The van der Waals surface area contributed by atoms with E-state index in [1.165, 1.54) is 0 Å². The van der Waals surface area contributed by atoms with Crippen molar-refractivity contribution in [3.63, 3.8) is 0 Å². The highest BCUT2D eigenvalue weighted by atomic mass is 19.4. The standard InChI is InChI=1S/C15H6F5NO2/c16-8-2-4-9(11(17)6-8)13-21-12-5-7(15(18,19)20)1-3-10(12)14(22)23-13/h1-6H. The summed E-state index contributed by atoms with van der Waals surface area (Å²) in [4.78, 5) is 15.6. The third kappa shape index (κ3) is 2.79. The summed E-state index contributed by atoms with van der Waals surface area (Å²) in [5, 5.41) is -0.177. The van der Waals surface area contributed by atoms with Crippen molar-refractivity contribution in [2.45, 2.75) is 6.18 Å². The highest BCUT2D eigenvalue weighted by molar-refractivity contribution is 5.79. The number of rotatable bonds is 1. The molecule has 118 valence electrons.